The second-order valence-electron chi connectivity index (χ2n) is 5.84. The molecule has 1 saturated carbocycles. The number of rotatable bonds is 6. The van der Waals surface area contributed by atoms with E-state index in [1.54, 1.807) is 7.05 Å². The standard InChI is InChI=1S/C13H24N2O3/c1-13(2,10-5-4-6-10)9-14-12(18)15(3)8-7-11(16)17/h10H,4-9H2,1-3H3,(H,14,18)(H,16,17). The van der Waals surface area contributed by atoms with Gasteiger partial charge in [0, 0.05) is 20.1 Å². The zero-order chi connectivity index (χ0) is 13.8. The molecule has 0 aromatic carbocycles. The average Bonchev–Trinajstić information content (AvgIpc) is 2.19. The van der Waals surface area contributed by atoms with Crippen molar-refractivity contribution in [3.8, 4) is 0 Å². The molecule has 2 N–H and O–H groups in total. The Labute approximate surface area is 109 Å². The summed E-state index contributed by atoms with van der Waals surface area (Å²) in [5, 5.41) is 11.4. The number of carbonyl (C=O) groups is 2. The maximum atomic E-state index is 11.8. The lowest BCUT2D eigenvalue weighted by Crippen LogP contribution is -2.45. The van der Waals surface area contributed by atoms with E-state index >= 15 is 0 Å². The van der Waals surface area contributed by atoms with Crippen molar-refractivity contribution in [3.05, 3.63) is 0 Å². The molecule has 1 fully saturated rings. The molecule has 0 bridgehead atoms. The molecule has 1 rings (SSSR count). The predicted molar refractivity (Wildman–Crippen MR) is 69.4 cm³/mol. The van der Waals surface area contributed by atoms with Crippen molar-refractivity contribution >= 4 is 12.0 Å². The number of hydrogen-bond acceptors (Lipinski definition) is 2. The fourth-order valence-electron chi connectivity index (χ4n) is 2.14. The monoisotopic (exact) mass is 256 g/mol. The lowest BCUT2D eigenvalue weighted by atomic mass is 9.67. The molecule has 0 aromatic rings. The maximum Gasteiger partial charge on any atom is 0.317 e. The minimum atomic E-state index is -0.885. The fraction of sp³-hybridized carbons (Fsp3) is 0.846. The molecule has 1 aliphatic carbocycles. The van der Waals surface area contributed by atoms with Gasteiger partial charge in [-0.2, -0.15) is 0 Å². The van der Waals surface area contributed by atoms with Crippen LogP contribution in [0.2, 0.25) is 0 Å². The van der Waals surface area contributed by atoms with E-state index in [0.29, 0.717) is 12.5 Å². The smallest absolute Gasteiger partial charge is 0.317 e. The van der Waals surface area contributed by atoms with Crippen LogP contribution < -0.4 is 5.32 Å². The largest absolute Gasteiger partial charge is 0.481 e. The van der Waals surface area contributed by atoms with Crippen LogP contribution in [0.15, 0.2) is 0 Å². The third-order valence-corrected chi connectivity index (χ3v) is 3.91. The highest BCUT2D eigenvalue weighted by Crippen LogP contribution is 2.41. The van der Waals surface area contributed by atoms with E-state index in [4.69, 9.17) is 5.11 Å². The minimum absolute atomic E-state index is 0.0179. The quantitative estimate of drug-likeness (QED) is 0.763. The highest BCUT2D eigenvalue weighted by molar-refractivity contribution is 5.75. The first-order valence-corrected chi connectivity index (χ1v) is 6.53. The van der Waals surface area contributed by atoms with E-state index < -0.39 is 5.97 Å². The van der Waals surface area contributed by atoms with Crippen molar-refractivity contribution < 1.29 is 14.7 Å². The molecule has 5 heteroatoms. The second kappa shape index (κ2) is 6.07. The van der Waals surface area contributed by atoms with Crippen LogP contribution in [0.4, 0.5) is 4.79 Å². The molecule has 0 saturated heterocycles. The van der Waals surface area contributed by atoms with E-state index in [-0.39, 0.29) is 24.4 Å². The Kier molecular flexibility index (Phi) is 4.99. The molecule has 0 unspecified atom stereocenters. The van der Waals surface area contributed by atoms with Crippen molar-refractivity contribution in [1.82, 2.24) is 10.2 Å². The van der Waals surface area contributed by atoms with Gasteiger partial charge in [-0.3, -0.25) is 4.79 Å². The molecule has 2 amide bonds. The van der Waals surface area contributed by atoms with Crippen molar-refractivity contribution in [1.29, 1.82) is 0 Å². The van der Waals surface area contributed by atoms with Gasteiger partial charge in [-0.15, -0.1) is 0 Å². The Balaban J connectivity index is 2.28. The summed E-state index contributed by atoms with van der Waals surface area (Å²) in [5.41, 5.74) is 0.127. The first kappa shape index (κ1) is 14.8. The van der Waals surface area contributed by atoms with E-state index in [9.17, 15) is 9.59 Å². The van der Waals surface area contributed by atoms with E-state index in [2.05, 4.69) is 19.2 Å². The zero-order valence-corrected chi connectivity index (χ0v) is 11.5. The van der Waals surface area contributed by atoms with Crippen LogP contribution in [0.5, 0.6) is 0 Å². The van der Waals surface area contributed by atoms with Gasteiger partial charge in [-0.1, -0.05) is 20.3 Å². The van der Waals surface area contributed by atoms with Crippen molar-refractivity contribution in [2.24, 2.45) is 11.3 Å². The van der Waals surface area contributed by atoms with Gasteiger partial charge in [-0.05, 0) is 24.2 Å². The Morgan fingerprint density at radius 1 is 1.39 bits per heavy atom. The number of hydrogen-bond donors (Lipinski definition) is 2. The zero-order valence-electron chi connectivity index (χ0n) is 11.5. The lowest BCUT2D eigenvalue weighted by molar-refractivity contribution is -0.137. The third kappa shape index (κ3) is 4.20. The van der Waals surface area contributed by atoms with Crippen molar-refractivity contribution in [2.45, 2.75) is 39.5 Å². The first-order chi connectivity index (χ1) is 8.33. The molecule has 0 aromatic heterocycles. The van der Waals surface area contributed by atoms with Crippen LogP contribution in [-0.2, 0) is 4.79 Å². The van der Waals surface area contributed by atoms with E-state index in [1.165, 1.54) is 24.2 Å². The highest BCUT2D eigenvalue weighted by Gasteiger charge is 2.34. The SMILES string of the molecule is CN(CCC(=O)O)C(=O)NCC(C)(C)C1CCC1. The molecule has 5 nitrogen and oxygen atoms in total. The summed E-state index contributed by atoms with van der Waals surface area (Å²) < 4.78 is 0. The van der Waals surface area contributed by atoms with Gasteiger partial charge in [0.2, 0.25) is 0 Å². The van der Waals surface area contributed by atoms with Crippen LogP contribution in [0.25, 0.3) is 0 Å². The number of carboxylic acids is 1. The molecule has 0 atom stereocenters. The summed E-state index contributed by atoms with van der Waals surface area (Å²) in [7, 11) is 1.62. The number of amides is 2. The van der Waals surface area contributed by atoms with E-state index in [1.807, 2.05) is 0 Å². The summed E-state index contributed by atoms with van der Waals surface area (Å²) >= 11 is 0. The van der Waals surface area contributed by atoms with Crippen LogP contribution >= 0.6 is 0 Å². The van der Waals surface area contributed by atoms with Gasteiger partial charge in [0.05, 0.1) is 6.42 Å². The Bertz CT molecular complexity index is 311. The van der Waals surface area contributed by atoms with Crippen molar-refractivity contribution in [2.75, 3.05) is 20.1 Å². The van der Waals surface area contributed by atoms with Gasteiger partial charge in [0.1, 0.15) is 0 Å². The van der Waals surface area contributed by atoms with Crippen LogP contribution in [0, 0.1) is 11.3 Å². The number of urea groups is 1. The molecule has 1 aliphatic rings. The number of aliphatic carboxylic acids is 1. The van der Waals surface area contributed by atoms with Gasteiger partial charge in [0.15, 0.2) is 0 Å². The maximum absolute atomic E-state index is 11.8. The molecule has 0 aliphatic heterocycles. The van der Waals surface area contributed by atoms with Gasteiger partial charge < -0.3 is 15.3 Å². The van der Waals surface area contributed by atoms with Crippen LogP contribution in [0.1, 0.15) is 39.5 Å². The van der Waals surface area contributed by atoms with Gasteiger partial charge in [0.25, 0.3) is 0 Å². The van der Waals surface area contributed by atoms with Crippen molar-refractivity contribution in [3.63, 3.8) is 0 Å². The first-order valence-electron chi connectivity index (χ1n) is 6.53. The average molecular weight is 256 g/mol. The highest BCUT2D eigenvalue weighted by atomic mass is 16.4. The summed E-state index contributed by atoms with van der Waals surface area (Å²) in [5.74, 6) is -0.188. The van der Waals surface area contributed by atoms with E-state index in [0.717, 1.165) is 0 Å². The molecule has 0 radical (unpaired) electrons. The van der Waals surface area contributed by atoms with Crippen LogP contribution in [-0.4, -0.2) is 42.1 Å². The summed E-state index contributed by atoms with van der Waals surface area (Å²) in [6.07, 6.45) is 3.77. The Hall–Kier alpha value is -1.26. The topological polar surface area (TPSA) is 69.6 Å². The molecule has 0 heterocycles. The minimum Gasteiger partial charge on any atom is -0.481 e. The summed E-state index contributed by atoms with van der Waals surface area (Å²) in [6.45, 7) is 5.24. The molecule has 0 spiro atoms. The molecular formula is C13H24N2O3. The molecule has 18 heavy (non-hydrogen) atoms. The summed E-state index contributed by atoms with van der Waals surface area (Å²) in [4.78, 5) is 23.6. The fourth-order valence-corrected chi connectivity index (χ4v) is 2.14. The number of carboxylic acid groups (broad SMARTS) is 1. The lowest BCUT2D eigenvalue weighted by Gasteiger charge is -2.40. The summed E-state index contributed by atoms with van der Waals surface area (Å²) in [6, 6.07) is -0.191. The predicted octanol–water partition coefficient (Wildman–Crippen LogP) is 1.93. The number of nitrogens with one attached hydrogen (secondary N) is 1. The second-order valence-corrected chi connectivity index (χ2v) is 5.84. The third-order valence-electron chi connectivity index (χ3n) is 3.91. The normalized spacial score (nSPS) is 15.9. The van der Waals surface area contributed by atoms with Crippen LogP contribution in [0.3, 0.4) is 0 Å². The molecule has 104 valence electrons. The van der Waals surface area contributed by atoms with Gasteiger partial charge in [-0.25, -0.2) is 4.79 Å². The van der Waals surface area contributed by atoms with Gasteiger partial charge >= 0.3 is 12.0 Å². The molecular weight excluding hydrogens is 232 g/mol. The Morgan fingerprint density at radius 3 is 2.44 bits per heavy atom. The number of carbonyl (C=O) groups excluding carboxylic acids is 1. The number of nitrogens with zero attached hydrogens (tertiary/aromatic N) is 1. The Morgan fingerprint density at radius 2 is 2.00 bits per heavy atom.